The van der Waals surface area contributed by atoms with Gasteiger partial charge in [0.25, 0.3) is 0 Å². The monoisotopic (exact) mass is 373 g/mol. The Kier molecular flexibility index (Phi) is 69.5. The first-order valence-electron chi connectivity index (χ1n) is 6.64. The van der Waals surface area contributed by atoms with Crippen LogP contribution in [0.1, 0.15) is 59.3 Å². The number of aliphatic hydroxyl groups excluding tert-OH is 3. The molecule has 125 valence electrons. The average Bonchev–Trinajstić information content (AvgIpc) is 2.33. The van der Waals surface area contributed by atoms with E-state index in [0.29, 0.717) is 19.8 Å². The Morgan fingerprint density at radius 3 is 0.850 bits per heavy atom. The molecule has 0 heterocycles. The molecule has 0 saturated heterocycles. The molecular weight excluding hydrogens is 342 g/mol. The largest absolute Gasteiger partial charge is 0 e. The predicted octanol–water partition coefficient (Wildman–Crippen LogP) is 1.54. The summed E-state index contributed by atoms with van der Waals surface area (Å²) in [6, 6.07) is 0. The smallest absolute Gasteiger partial charge is 0 e. The molecule has 0 spiro atoms. The van der Waals surface area contributed by atoms with Crippen LogP contribution in [-0.2, 0) is 41.3 Å². The van der Waals surface area contributed by atoms with Crippen molar-refractivity contribution in [3.05, 3.63) is 0 Å². The van der Waals surface area contributed by atoms with E-state index in [2.05, 4.69) is 20.8 Å². The molecule has 0 aromatic carbocycles. The molecule has 0 unspecified atom stereocenters. The standard InChI is InChI=1S/3C4H10O.H2O.2O.2V/c3*1-2-3-4-5;;;;;/h3*5H,2-4H2,1H3;1H2;;;;/q;;;;;;;+1/p-1. The van der Waals surface area contributed by atoms with Crippen molar-refractivity contribution in [3.8, 4) is 0 Å². The van der Waals surface area contributed by atoms with Gasteiger partial charge in [-0.15, -0.1) is 0 Å². The van der Waals surface area contributed by atoms with E-state index < -0.39 is 15.4 Å². The maximum atomic E-state index is 8.67. The zero-order chi connectivity index (χ0) is 15.9. The van der Waals surface area contributed by atoms with Gasteiger partial charge in [-0.1, -0.05) is 40.0 Å². The van der Waals surface area contributed by atoms with Crippen molar-refractivity contribution in [2.75, 3.05) is 19.8 Å². The Bertz CT molecular complexity index is 149. The molecule has 0 fully saturated rings. The first kappa shape index (κ1) is 32.5. The first-order valence-corrected chi connectivity index (χ1v) is 8.40. The quantitative estimate of drug-likeness (QED) is 0.561. The van der Waals surface area contributed by atoms with Gasteiger partial charge in [0, 0.05) is 38.4 Å². The van der Waals surface area contributed by atoms with Gasteiger partial charge in [-0.05, 0) is 19.3 Å². The summed E-state index contributed by atoms with van der Waals surface area (Å²) in [5, 5.41) is 24.2. The summed E-state index contributed by atoms with van der Waals surface area (Å²) in [6.45, 7) is 7.19. The molecule has 8 heteroatoms. The molecular formula is C12H31O6V2. The van der Waals surface area contributed by atoms with E-state index in [-0.39, 0.29) is 18.6 Å². The van der Waals surface area contributed by atoms with Crippen molar-refractivity contribution >= 4 is 0 Å². The minimum atomic E-state index is -3.69. The third kappa shape index (κ3) is 132. The van der Waals surface area contributed by atoms with Gasteiger partial charge >= 0.3 is 26.8 Å². The van der Waals surface area contributed by atoms with Crippen LogP contribution in [0.15, 0.2) is 0 Å². The van der Waals surface area contributed by atoms with Gasteiger partial charge in [-0.3, -0.25) is 0 Å². The van der Waals surface area contributed by atoms with Crippen molar-refractivity contribution in [1.29, 1.82) is 0 Å². The minimum absolute atomic E-state index is 0. The van der Waals surface area contributed by atoms with Crippen LogP contribution in [0.2, 0.25) is 0 Å². The molecule has 0 aliphatic carbocycles. The van der Waals surface area contributed by atoms with Crippen LogP contribution < -0.4 is 0 Å². The van der Waals surface area contributed by atoms with Crippen LogP contribution in [0.25, 0.3) is 0 Å². The van der Waals surface area contributed by atoms with Gasteiger partial charge in [0.1, 0.15) is 0 Å². The number of hydrogen-bond donors (Lipinski definition) is 4. The Morgan fingerprint density at radius 2 is 0.850 bits per heavy atom. The fraction of sp³-hybridized carbons (Fsp3) is 1.00. The van der Waals surface area contributed by atoms with E-state index in [1.807, 2.05) is 0 Å². The molecule has 0 amide bonds. The van der Waals surface area contributed by atoms with Crippen LogP contribution in [0, 0.1) is 0 Å². The van der Waals surface area contributed by atoms with E-state index in [4.69, 9.17) is 26.7 Å². The summed E-state index contributed by atoms with van der Waals surface area (Å²) < 4.78 is 24.4. The van der Waals surface area contributed by atoms with Gasteiger partial charge in [-0.2, -0.15) is 0 Å². The second-order valence-corrected chi connectivity index (χ2v) is 4.21. The van der Waals surface area contributed by atoms with Crippen LogP contribution >= 0.6 is 0 Å². The first-order chi connectivity index (χ1) is 8.97. The van der Waals surface area contributed by atoms with E-state index in [1.54, 1.807) is 0 Å². The van der Waals surface area contributed by atoms with E-state index >= 15 is 0 Å². The van der Waals surface area contributed by atoms with Crippen LogP contribution in [0.4, 0.5) is 0 Å². The molecule has 0 aromatic heterocycles. The molecule has 0 bridgehead atoms. The number of hydrogen-bond acceptors (Lipinski definition) is 5. The van der Waals surface area contributed by atoms with Crippen molar-refractivity contribution in [2.45, 2.75) is 59.3 Å². The fourth-order valence-corrected chi connectivity index (χ4v) is 0.474. The van der Waals surface area contributed by atoms with Gasteiger partial charge in [0.05, 0.1) is 0 Å². The summed E-state index contributed by atoms with van der Waals surface area (Å²) in [5.41, 5.74) is 0. The molecule has 6 nitrogen and oxygen atoms in total. The average molecular weight is 373 g/mol. The van der Waals surface area contributed by atoms with Crippen LogP contribution in [-0.4, -0.2) is 39.2 Å². The van der Waals surface area contributed by atoms with Crippen LogP contribution in [0.3, 0.4) is 0 Å². The summed E-state index contributed by atoms with van der Waals surface area (Å²) in [7, 11) is 0. The second-order valence-electron chi connectivity index (χ2n) is 3.47. The van der Waals surface area contributed by atoms with Crippen LogP contribution in [0.5, 0.6) is 0 Å². The summed E-state index contributed by atoms with van der Waals surface area (Å²) in [4.78, 5) is 0. The topological polar surface area (TPSA) is 115 Å². The van der Waals surface area contributed by atoms with Crippen molar-refractivity contribution in [1.82, 2.24) is 0 Å². The van der Waals surface area contributed by atoms with Gasteiger partial charge < -0.3 is 15.3 Å². The fourth-order valence-electron chi connectivity index (χ4n) is 0.474. The van der Waals surface area contributed by atoms with Gasteiger partial charge in [0.15, 0.2) is 0 Å². The zero-order valence-corrected chi connectivity index (χ0v) is 15.7. The third-order valence-corrected chi connectivity index (χ3v) is 1.54. The maximum Gasteiger partial charge on any atom is 0 e. The Labute approximate surface area is 139 Å². The van der Waals surface area contributed by atoms with Crippen molar-refractivity contribution < 1.29 is 60.7 Å². The molecule has 0 aliphatic heterocycles. The van der Waals surface area contributed by atoms with Gasteiger partial charge in [-0.25, -0.2) is 0 Å². The molecule has 0 aliphatic rings. The van der Waals surface area contributed by atoms with Gasteiger partial charge in [0.2, 0.25) is 0 Å². The minimum Gasteiger partial charge on any atom is 0 e. The predicted molar refractivity (Wildman–Crippen MR) is 69.6 cm³/mol. The summed E-state index contributed by atoms with van der Waals surface area (Å²) in [6.07, 6.45) is 6.11. The maximum absolute atomic E-state index is 8.67. The number of unbranched alkanes of at least 4 members (excludes halogenated alkanes) is 3. The molecule has 0 atom stereocenters. The molecule has 0 saturated carbocycles. The van der Waals surface area contributed by atoms with E-state index in [1.165, 1.54) is 0 Å². The van der Waals surface area contributed by atoms with Crippen molar-refractivity contribution in [2.24, 2.45) is 0 Å². The molecule has 1 radical (unpaired) electrons. The SMILES string of the molecule is CCCCO.CCCCO.CCCCO.[O]=[V](=[O])[OH].[V]. The molecule has 4 N–H and O–H groups in total. The molecule has 0 rings (SSSR count). The Morgan fingerprint density at radius 1 is 0.700 bits per heavy atom. The number of aliphatic hydroxyl groups is 3. The molecule has 0 aromatic rings. The third-order valence-electron chi connectivity index (χ3n) is 1.54. The molecule has 20 heavy (non-hydrogen) atoms. The summed E-state index contributed by atoms with van der Waals surface area (Å²) in [5.74, 6) is 0. The Hall–Kier alpha value is 0.609. The zero-order valence-electron chi connectivity index (χ0n) is 12.9. The van der Waals surface area contributed by atoms with Crippen molar-refractivity contribution in [3.63, 3.8) is 0 Å². The van der Waals surface area contributed by atoms with E-state index in [9.17, 15) is 0 Å². The summed E-state index contributed by atoms with van der Waals surface area (Å²) >= 11 is -3.69. The normalized spacial score (nSPS) is 7.55. The number of rotatable bonds is 6. The Balaban J connectivity index is -0.0000000494. The van der Waals surface area contributed by atoms with E-state index in [0.717, 1.165) is 38.5 Å². The second kappa shape index (κ2) is 42.7.